The van der Waals surface area contributed by atoms with Crippen LogP contribution in [0.2, 0.25) is 0 Å². The number of benzene rings is 3. The number of rotatable bonds is 5. The van der Waals surface area contributed by atoms with Crippen molar-refractivity contribution in [3.8, 4) is 0 Å². The Hall–Kier alpha value is -2.77. The molecule has 7 heteroatoms. The Morgan fingerprint density at radius 1 is 0.933 bits per heavy atom. The monoisotopic (exact) mass is 438 g/mol. The number of carbonyl (C=O) groups is 1. The highest BCUT2D eigenvalue weighted by Crippen LogP contribution is 2.32. The van der Waals surface area contributed by atoms with E-state index in [2.05, 4.69) is 42.1 Å². The first-order valence-electron chi connectivity index (χ1n) is 9.61. The standard InChI is InChI=1S/C23H22N2O3S2/c1-15-3-11-22(16(2)13-15)29-19-7-5-18(6-8-19)25-30(27,28)20-9-10-21-17(14-20)4-12-23(26)24-21/h3,5-11,13-14,25H,4,12H2,1-2H3,(H,24,26). The lowest BCUT2D eigenvalue weighted by molar-refractivity contribution is -0.116. The van der Waals surface area contributed by atoms with E-state index in [0.717, 1.165) is 10.5 Å². The lowest BCUT2D eigenvalue weighted by Crippen LogP contribution is -2.20. The van der Waals surface area contributed by atoms with Crippen LogP contribution in [0.15, 0.2) is 75.4 Å². The maximum atomic E-state index is 12.8. The van der Waals surface area contributed by atoms with Crippen LogP contribution in [0, 0.1) is 13.8 Å². The highest BCUT2D eigenvalue weighted by molar-refractivity contribution is 7.99. The van der Waals surface area contributed by atoms with Crippen LogP contribution in [-0.2, 0) is 21.2 Å². The van der Waals surface area contributed by atoms with Crippen molar-refractivity contribution >= 4 is 39.1 Å². The zero-order valence-corrected chi connectivity index (χ0v) is 18.4. The van der Waals surface area contributed by atoms with Crippen molar-refractivity contribution in [1.29, 1.82) is 0 Å². The summed E-state index contributed by atoms with van der Waals surface area (Å²) in [7, 11) is -3.71. The molecule has 4 rings (SSSR count). The summed E-state index contributed by atoms with van der Waals surface area (Å²) >= 11 is 1.65. The molecule has 1 aliphatic heterocycles. The van der Waals surface area contributed by atoms with E-state index in [0.29, 0.717) is 24.2 Å². The summed E-state index contributed by atoms with van der Waals surface area (Å²) < 4.78 is 28.2. The van der Waals surface area contributed by atoms with Crippen LogP contribution in [0.5, 0.6) is 0 Å². The SMILES string of the molecule is Cc1ccc(Sc2ccc(NS(=O)(=O)c3ccc4c(c3)CCC(=O)N4)cc2)c(C)c1. The molecule has 0 aliphatic carbocycles. The molecule has 0 saturated carbocycles. The first-order valence-corrected chi connectivity index (χ1v) is 11.9. The molecule has 30 heavy (non-hydrogen) atoms. The van der Waals surface area contributed by atoms with E-state index in [1.165, 1.54) is 22.1 Å². The van der Waals surface area contributed by atoms with Gasteiger partial charge in [-0.15, -0.1) is 0 Å². The van der Waals surface area contributed by atoms with Crippen LogP contribution in [0.1, 0.15) is 23.1 Å². The quantitative estimate of drug-likeness (QED) is 0.578. The summed E-state index contributed by atoms with van der Waals surface area (Å²) in [4.78, 5) is 13.9. The highest BCUT2D eigenvalue weighted by atomic mass is 32.2. The molecule has 0 bridgehead atoms. The van der Waals surface area contributed by atoms with E-state index >= 15 is 0 Å². The van der Waals surface area contributed by atoms with E-state index in [-0.39, 0.29) is 10.8 Å². The highest BCUT2D eigenvalue weighted by Gasteiger charge is 2.20. The second-order valence-corrected chi connectivity index (χ2v) is 10.2. The number of carbonyl (C=O) groups excluding carboxylic acids is 1. The number of aryl methyl sites for hydroxylation is 3. The minimum Gasteiger partial charge on any atom is -0.326 e. The third-order valence-corrected chi connectivity index (χ3v) is 7.51. The Balaban J connectivity index is 1.49. The maximum absolute atomic E-state index is 12.8. The van der Waals surface area contributed by atoms with Gasteiger partial charge in [-0.25, -0.2) is 8.42 Å². The summed E-state index contributed by atoms with van der Waals surface area (Å²) in [5.74, 6) is -0.0463. The largest absolute Gasteiger partial charge is 0.326 e. The molecule has 0 aromatic heterocycles. The van der Waals surface area contributed by atoms with Gasteiger partial charge in [0.15, 0.2) is 0 Å². The lowest BCUT2D eigenvalue weighted by Gasteiger charge is -2.18. The number of sulfonamides is 1. The second-order valence-electron chi connectivity index (χ2n) is 7.37. The smallest absolute Gasteiger partial charge is 0.261 e. The predicted octanol–water partition coefficient (Wildman–Crippen LogP) is 5.14. The Bertz CT molecular complexity index is 1220. The summed E-state index contributed by atoms with van der Waals surface area (Å²) in [6.07, 6.45) is 0.901. The van der Waals surface area contributed by atoms with Crippen LogP contribution in [0.25, 0.3) is 0 Å². The van der Waals surface area contributed by atoms with Crippen molar-refractivity contribution in [3.63, 3.8) is 0 Å². The molecule has 1 aliphatic rings. The van der Waals surface area contributed by atoms with Crippen molar-refractivity contribution in [1.82, 2.24) is 0 Å². The van der Waals surface area contributed by atoms with Crippen LogP contribution in [-0.4, -0.2) is 14.3 Å². The van der Waals surface area contributed by atoms with E-state index in [9.17, 15) is 13.2 Å². The van der Waals surface area contributed by atoms with E-state index < -0.39 is 10.0 Å². The topological polar surface area (TPSA) is 75.3 Å². The Labute approximate surface area is 181 Å². The van der Waals surface area contributed by atoms with Gasteiger partial charge in [-0.3, -0.25) is 9.52 Å². The van der Waals surface area contributed by atoms with Gasteiger partial charge < -0.3 is 5.32 Å². The van der Waals surface area contributed by atoms with Crippen LogP contribution >= 0.6 is 11.8 Å². The third-order valence-electron chi connectivity index (χ3n) is 4.95. The molecule has 0 saturated heterocycles. The number of anilines is 2. The molecular formula is C23H22N2O3S2. The molecule has 0 atom stereocenters. The lowest BCUT2D eigenvalue weighted by atomic mass is 10.0. The van der Waals surface area contributed by atoms with Crippen molar-refractivity contribution in [2.45, 2.75) is 41.4 Å². The number of hydrogen-bond acceptors (Lipinski definition) is 4. The van der Waals surface area contributed by atoms with Crippen molar-refractivity contribution in [2.24, 2.45) is 0 Å². The normalized spacial score (nSPS) is 13.5. The number of fused-ring (bicyclic) bond motifs is 1. The average Bonchev–Trinajstić information content (AvgIpc) is 2.71. The summed E-state index contributed by atoms with van der Waals surface area (Å²) in [5.41, 5.74) is 4.46. The molecule has 0 spiro atoms. The molecular weight excluding hydrogens is 416 g/mol. The molecule has 0 unspecified atom stereocenters. The predicted molar refractivity (Wildman–Crippen MR) is 121 cm³/mol. The van der Waals surface area contributed by atoms with Gasteiger partial charge in [0, 0.05) is 27.6 Å². The van der Waals surface area contributed by atoms with Gasteiger partial charge in [-0.2, -0.15) is 0 Å². The second kappa shape index (κ2) is 8.16. The van der Waals surface area contributed by atoms with Gasteiger partial charge in [0.1, 0.15) is 0 Å². The maximum Gasteiger partial charge on any atom is 0.261 e. The van der Waals surface area contributed by atoms with E-state index in [1.807, 2.05) is 12.1 Å². The van der Waals surface area contributed by atoms with Crippen LogP contribution in [0.3, 0.4) is 0 Å². The number of amides is 1. The Morgan fingerprint density at radius 3 is 2.43 bits per heavy atom. The fourth-order valence-corrected chi connectivity index (χ4v) is 5.36. The van der Waals surface area contributed by atoms with Crippen LogP contribution < -0.4 is 10.0 Å². The first-order chi connectivity index (χ1) is 14.3. The van der Waals surface area contributed by atoms with Gasteiger partial charge >= 0.3 is 0 Å². The molecule has 1 heterocycles. The fourth-order valence-electron chi connectivity index (χ4n) is 3.37. The third kappa shape index (κ3) is 4.52. The minimum absolute atomic E-state index is 0.0463. The summed E-state index contributed by atoms with van der Waals surface area (Å²) in [6, 6.07) is 18.5. The van der Waals surface area contributed by atoms with E-state index in [4.69, 9.17) is 0 Å². The van der Waals surface area contributed by atoms with Gasteiger partial charge in [0.05, 0.1) is 4.90 Å². The zero-order chi connectivity index (χ0) is 21.3. The molecule has 154 valence electrons. The van der Waals surface area contributed by atoms with Gasteiger partial charge in [-0.1, -0.05) is 29.5 Å². The van der Waals surface area contributed by atoms with Crippen LogP contribution in [0.4, 0.5) is 11.4 Å². The fraction of sp³-hybridized carbons (Fsp3) is 0.174. The van der Waals surface area contributed by atoms with Gasteiger partial charge in [-0.05, 0) is 79.9 Å². The molecule has 0 radical (unpaired) electrons. The van der Waals surface area contributed by atoms with Crippen molar-refractivity contribution in [3.05, 3.63) is 77.4 Å². The Morgan fingerprint density at radius 2 is 1.70 bits per heavy atom. The molecule has 2 N–H and O–H groups in total. The van der Waals surface area contributed by atoms with Crippen molar-refractivity contribution in [2.75, 3.05) is 10.0 Å². The summed E-state index contributed by atoms with van der Waals surface area (Å²) in [5, 5.41) is 2.76. The average molecular weight is 439 g/mol. The zero-order valence-electron chi connectivity index (χ0n) is 16.7. The minimum atomic E-state index is -3.71. The molecule has 3 aromatic rings. The van der Waals surface area contributed by atoms with E-state index in [1.54, 1.807) is 36.0 Å². The molecule has 0 fully saturated rings. The number of nitrogens with one attached hydrogen (secondary N) is 2. The Kier molecular flexibility index (Phi) is 5.58. The molecule has 3 aromatic carbocycles. The molecule has 1 amide bonds. The van der Waals surface area contributed by atoms with Gasteiger partial charge in [0.25, 0.3) is 10.0 Å². The summed E-state index contributed by atoms with van der Waals surface area (Å²) in [6.45, 7) is 4.16. The van der Waals surface area contributed by atoms with Gasteiger partial charge in [0.2, 0.25) is 5.91 Å². The number of hydrogen-bond donors (Lipinski definition) is 2. The molecule has 5 nitrogen and oxygen atoms in total. The first kappa shape index (κ1) is 20.5. The van der Waals surface area contributed by atoms with Crippen molar-refractivity contribution < 1.29 is 13.2 Å².